The number of amides is 1. The van der Waals surface area contributed by atoms with Gasteiger partial charge >= 0.3 is 12.1 Å². The molecule has 0 unspecified atom stereocenters. The molecular formula is C31H22F5NO4S. The fourth-order valence-corrected chi connectivity index (χ4v) is 5.67. The van der Waals surface area contributed by atoms with Crippen LogP contribution in [0.5, 0.6) is 5.75 Å². The second-order valence-corrected chi connectivity index (χ2v) is 10.4. The summed E-state index contributed by atoms with van der Waals surface area (Å²) in [6.45, 7) is -0.0869. The van der Waals surface area contributed by atoms with Crippen molar-refractivity contribution in [1.29, 1.82) is 0 Å². The van der Waals surface area contributed by atoms with Gasteiger partial charge in [-0.2, -0.15) is 20.5 Å². The van der Waals surface area contributed by atoms with E-state index in [9.17, 15) is 31.5 Å². The molecule has 0 saturated carbocycles. The molecule has 1 N–H and O–H groups in total. The summed E-state index contributed by atoms with van der Waals surface area (Å²) in [6, 6.07) is 22.8. The third-order valence-corrected chi connectivity index (χ3v) is 7.80. The first-order chi connectivity index (χ1) is 20.3. The van der Waals surface area contributed by atoms with E-state index in [1.165, 1.54) is 11.8 Å². The number of hydrogen-bond donors (Lipinski definition) is 1. The van der Waals surface area contributed by atoms with E-state index in [2.05, 4.69) is 10.1 Å². The van der Waals surface area contributed by atoms with Gasteiger partial charge in [0.25, 0.3) is 0 Å². The van der Waals surface area contributed by atoms with Crippen LogP contribution in [-0.4, -0.2) is 30.5 Å². The number of ether oxygens (including phenoxy) is 2. The Morgan fingerprint density at radius 3 is 1.86 bits per heavy atom. The van der Waals surface area contributed by atoms with Crippen LogP contribution in [0.25, 0.3) is 11.1 Å². The molecule has 42 heavy (non-hydrogen) atoms. The lowest BCUT2D eigenvalue weighted by Gasteiger charge is -2.19. The molecule has 5 rings (SSSR count). The van der Waals surface area contributed by atoms with Crippen molar-refractivity contribution in [2.75, 3.05) is 12.4 Å². The Bertz CT molecular complexity index is 1560. The standard InChI is InChI=1S/C31H22F5NO4S/c32-24-25(33)27(35)29(28(36)26(24)34)41-30(38)23(16-42-15-17-8-2-1-3-9-17)37-31(39)40-14-22-20-12-6-4-10-18(20)19-11-5-7-13-21(19)22/h1-13,22-23H,14-16H2,(H,37,39)/t23-/m0/s1. The predicted molar refractivity (Wildman–Crippen MR) is 146 cm³/mol. The average molecular weight is 600 g/mol. The Balaban J connectivity index is 1.31. The largest absolute Gasteiger partial charge is 0.449 e. The van der Waals surface area contributed by atoms with Crippen LogP contribution in [0.3, 0.4) is 0 Å². The molecule has 216 valence electrons. The first-order valence-electron chi connectivity index (χ1n) is 12.7. The highest BCUT2D eigenvalue weighted by Crippen LogP contribution is 2.44. The first kappa shape index (κ1) is 29.1. The molecule has 0 aliphatic heterocycles. The minimum atomic E-state index is -2.39. The number of esters is 1. The van der Waals surface area contributed by atoms with Crippen LogP contribution in [0.15, 0.2) is 78.9 Å². The first-order valence-corrected chi connectivity index (χ1v) is 13.9. The number of hydrogen-bond acceptors (Lipinski definition) is 5. The van der Waals surface area contributed by atoms with Gasteiger partial charge < -0.3 is 14.8 Å². The van der Waals surface area contributed by atoms with Crippen LogP contribution in [0, 0.1) is 29.1 Å². The number of carbonyl (C=O) groups is 2. The number of thioether (sulfide) groups is 1. The molecule has 0 heterocycles. The molecule has 1 atom stereocenters. The van der Waals surface area contributed by atoms with Gasteiger partial charge in [0.05, 0.1) is 0 Å². The Morgan fingerprint density at radius 2 is 1.26 bits per heavy atom. The Morgan fingerprint density at radius 1 is 0.738 bits per heavy atom. The summed E-state index contributed by atoms with van der Waals surface area (Å²) in [5, 5.41) is 2.31. The molecule has 4 aromatic carbocycles. The zero-order valence-corrected chi connectivity index (χ0v) is 22.5. The van der Waals surface area contributed by atoms with Gasteiger partial charge in [-0.1, -0.05) is 78.9 Å². The Hall–Kier alpha value is -4.38. The molecule has 0 bridgehead atoms. The SMILES string of the molecule is O=C(N[C@@H](CSCc1ccccc1)C(=O)Oc1c(F)c(F)c(F)c(F)c1F)OCC1c2ccccc2-c2ccccc21. The third-order valence-electron chi connectivity index (χ3n) is 6.69. The van der Waals surface area contributed by atoms with Crippen LogP contribution in [0.2, 0.25) is 0 Å². The smallest absolute Gasteiger partial charge is 0.407 e. The van der Waals surface area contributed by atoms with Crippen molar-refractivity contribution in [1.82, 2.24) is 5.32 Å². The van der Waals surface area contributed by atoms with E-state index >= 15 is 0 Å². The Labute approximate surface area is 241 Å². The van der Waals surface area contributed by atoms with E-state index in [4.69, 9.17) is 4.74 Å². The van der Waals surface area contributed by atoms with E-state index in [-0.39, 0.29) is 18.3 Å². The summed E-state index contributed by atoms with van der Waals surface area (Å²) in [6.07, 6.45) is -1.03. The Kier molecular flexibility index (Phi) is 8.77. The van der Waals surface area contributed by atoms with Crippen LogP contribution in [-0.2, 0) is 15.3 Å². The van der Waals surface area contributed by atoms with Crippen molar-refractivity contribution in [3.05, 3.63) is 125 Å². The van der Waals surface area contributed by atoms with Gasteiger partial charge in [0, 0.05) is 17.4 Å². The van der Waals surface area contributed by atoms with E-state index < -0.39 is 52.9 Å². The maximum atomic E-state index is 14.2. The molecule has 1 aliphatic rings. The van der Waals surface area contributed by atoms with Gasteiger partial charge in [-0.25, -0.2) is 22.8 Å². The maximum absolute atomic E-state index is 14.2. The van der Waals surface area contributed by atoms with Crippen LogP contribution in [0.1, 0.15) is 22.6 Å². The maximum Gasteiger partial charge on any atom is 0.407 e. The number of rotatable bonds is 9. The summed E-state index contributed by atoms with van der Waals surface area (Å²) < 4.78 is 79.2. The fraction of sp³-hybridized carbons (Fsp3) is 0.161. The summed E-state index contributed by atoms with van der Waals surface area (Å²) >= 11 is 1.17. The molecule has 5 nitrogen and oxygen atoms in total. The van der Waals surface area contributed by atoms with E-state index in [0.29, 0.717) is 5.75 Å². The molecule has 0 fully saturated rings. The summed E-state index contributed by atoms with van der Waals surface area (Å²) in [5.74, 6) is -14.8. The lowest BCUT2D eigenvalue weighted by atomic mass is 9.98. The van der Waals surface area contributed by atoms with Gasteiger partial charge in [-0.3, -0.25) is 0 Å². The third kappa shape index (κ3) is 5.96. The van der Waals surface area contributed by atoms with Crippen molar-refractivity contribution in [2.45, 2.75) is 17.7 Å². The summed E-state index contributed by atoms with van der Waals surface area (Å²) in [4.78, 5) is 25.8. The molecule has 1 amide bonds. The number of fused-ring (bicyclic) bond motifs is 3. The molecule has 4 aromatic rings. The van der Waals surface area contributed by atoms with E-state index in [1.54, 1.807) is 12.1 Å². The summed E-state index contributed by atoms with van der Waals surface area (Å²) in [5.41, 5.74) is 4.79. The normalized spacial score (nSPS) is 12.8. The molecule has 0 spiro atoms. The number of benzene rings is 4. The van der Waals surface area contributed by atoms with E-state index in [0.717, 1.165) is 27.8 Å². The number of carbonyl (C=O) groups excluding carboxylic acids is 2. The molecular weight excluding hydrogens is 577 g/mol. The second-order valence-electron chi connectivity index (χ2n) is 9.34. The zero-order valence-electron chi connectivity index (χ0n) is 21.7. The average Bonchev–Trinajstić information content (AvgIpc) is 3.33. The van der Waals surface area contributed by atoms with Crippen molar-refractivity contribution in [3.63, 3.8) is 0 Å². The van der Waals surface area contributed by atoms with Gasteiger partial charge in [0.2, 0.25) is 34.8 Å². The highest BCUT2D eigenvalue weighted by Gasteiger charge is 2.33. The van der Waals surface area contributed by atoms with Crippen molar-refractivity contribution in [3.8, 4) is 16.9 Å². The number of halogens is 5. The lowest BCUT2D eigenvalue weighted by Crippen LogP contribution is -2.45. The molecule has 11 heteroatoms. The van der Waals surface area contributed by atoms with Crippen molar-refractivity contribution in [2.24, 2.45) is 0 Å². The van der Waals surface area contributed by atoms with E-state index in [1.807, 2.05) is 66.7 Å². The predicted octanol–water partition coefficient (Wildman–Crippen LogP) is 7.13. The molecule has 0 saturated heterocycles. The van der Waals surface area contributed by atoms with Crippen molar-refractivity contribution >= 4 is 23.8 Å². The van der Waals surface area contributed by atoms with Crippen molar-refractivity contribution < 1.29 is 41.0 Å². The minimum absolute atomic E-state index is 0.0869. The quantitative estimate of drug-likeness (QED) is 0.0730. The minimum Gasteiger partial charge on any atom is -0.449 e. The van der Waals surface area contributed by atoms with Gasteiger partial charge in [0.1, 0.15) is 12.6 Å². The number of alkyl carbamates (subject to hydrolysis) is 1. The van der Waals surface area contributed by atoms with Gasteiger partial charge in [-0.05, 0) is 27.8 Å². The van der Waals surface area contributed by atoms with Gasteiger partial charge in [0.15, 0.2) is 0 Å². The fourth-order valence-electron chi connectivity index (χ4n) is 4.67. The van der Waals surface area contributed by atoms with Crippen LogP contribution in [0.4, 0.5) is 26.7 Å². The second kappa shape index (κ2) is 12.6. The lowest BCUT2D eigenvalue weighted by molar-refractivity contribution is -0.136. The monoisotopic (exact) mass is 599 g/mol. The summed E-state index contributed by atoms with van der Waals surface area (Å²) in [7, 11) is 0. The highest BCUT2D eigenvalue weighted by molar-refractivity contribution is 7.98. The number of nitrogens with one attached hydrogen (secondary N) is 1. The highest BCUT2D eigenvalue weighted by atomic mass is 32.2. The van der Waals surface area contributed by atoms with Crippen LogP contribution >= 0.6 is 11.8 Å². The van der Waals surface area contributed by atoms with Crippen LogP contribution < -0.4 is 10.1 Å². The molecule has 0 radical (unpaired) electrons. The zero-order chi connectivity index (χ0) is 29.8. The van der Waals surface area contributed by atoms with Gasteiger partial charge in [-0.15, -0.1) is 0 Å². The molecule has 1 aliphatic carbocycles. The molecule has 0 aromatic heterocycles. The topological polar surface area (TPSA) is 64.6 Å².